The molecule has 0 bridgehead atoms. The Hall–Kier alpha value is -3.38. The molecule has 3 aromatic carbocycles. The minimum absolute atomic E-state index is 0.211. The number of carbonyl (C=O) groups is 1. The lowest BCUT2D eigenvalue weighted by Gasteiger charge is -2.12. The van der Waals surface area contributed by atoms with Gasteiger partial charge in [0.1, 0.15) is 18.1 Å². The zero-order valence-electron chi connectivity index (χ0n) is 17.5. The topological polar surface area (TPSA) is 59.6 Å². The van der Waals surface area contributed by atoms with Gasteiger partial charge in [-0.2, -0.15) is 0 Å². The maximum atomic E-state index is 12.5. The maximum Gasteiger partial charge on any atom is 0.257 e. The van der Waals surface area contributed by atoms with E-state index >= 15 is 0 Å². The van der Waals surface area contributed by atoms with Crippen LogP contribution in [0.25, 0.3) is 0 Å². The summed E-state index contributed by atoms with van der Waals surface area (Å²) in [6, 6.07) is 24.4. The molecule has 0 aromatic heterocycles. The van der Waals surface area contributed by atoms with Crippen molar-refractivity contribution < 1.29 is 14.3 Å². The summed E-state index contributed by atoms with van der Waals surface area (Å²) in [5.41, 5.74) is 2.30. The molecule has 0 heterocycles. The van der Waals surface area contributed by atoms with Gasteiger partial charge in [-0.15, -0.1) is 0 Å². The standard InChI is InChI=1S/C25H26N2O3S/c1-2-3-15-29-22-13-7-11-20(16-22)24(28)27-25(31)26-21-12-8-14-23(17-21)30-18-19-9-5-4-6-10-19/h4-14,16-17H,2-3,15,18H2,1H3,(H2,26,27,28,31). The number of hydrogen-bond acceptors (Lipinski definition) is 4. The summed E-state index contributed by atoms with van der Waals surface area (Å²) in [6.45, 7) is 3.21. The fourth-order valence-electron chi connectivity index (χ4n) is 2.80. The van der Waals surface area contributed by atoms with Crippen LogP contribution in [0.1, 0.15) is 35.7 Å². The van der Waals surface area contributed by atoms with Crippen molar-refractivity contribution in [2.75, 3.05) is 11.9 Å². The third-order valence-electron chi connectivity index (χ3n) is 4.43. The molecule has 0 spiro atoms. The van der Waals surface area contributed by atoms with Gasteiger partial charge in [0.05, 0.1) is 6.61 Å². The minimum atomic E-state index is -0.296. The number of anilines is 1. The highest BCUT2D eigenvalue weighted by Gasteiger charge is 2.09. The van der Waals surface area contributed by atoms with Crippen molar-refractivity contribution in [3.8, 4) is 11.5 Å². The second-order valence-electron chi connectivity index (χ2n) is 6.94. The van der Waals surface area contributed by atoms with E-state index < -0.39 is 0 Å². The zero-order chi connectivity index (χ0) is 21.9. The van der Waals surface area contributed by atoms with Gasteiger partial charge in [-0.25, -0.2) is 0 Å². The van der Waals surface area contributed by atoms with Crippen molar-refractivity contribution in [1.82, 2.24) is 5.32 Å². The van der Waals surface area contributed by atoms with E-state index in [-0.39, 0.29) is 11.0 Å². The van der Waals surface area contributed by atoms with Crippen molar-refractivity contribution in [3.63, 3.8) is 0 Å². The first-order valence-electron chi connectivity index (χ1n) is 10.3. The van der Waals surface area contributed by atoms with Gasteiger partial charge in [0, 0.05) is 17.3 Å². The van der Waals surface area contributed by atoms with Gasteiger partial charge in [0.2, 0.25) is 0 Å². The average molecular weight is 435 g/mol. The number of carbonyl (C=O) groups excluding carboxylic acids is 1. The number of ether oxygens (including phenoxy) is 2. The van der Waals surface area contributed by atoms with Gasteiger partial charge in [-0.1, -0.05) is 55.8 Å². The molecule has 31 heavy (non-hydrogen) atoms. The van der Waals surface area contributed by atoms with E-state index in [2.05, 4.69) is 17.6 Å². The predicted octanol–water partition coefficient (Wildman–Crippen LogP) is 5.57. The summed E-state index contributed by atoms with van der Waals surface area (Å²) in [6.07, 6.45) is 2.02. The first-order chi connectivity index (χ1) is 15.1. The lowest BCUT2D eigenvalue weighted by atomic mass is 10.2. The molecule has 0 saturated heterocycles. The van der Waals surface area contributed by atoms with Crippen LogP contribution in [-0.2, 0) is 6.61 Å². The zero-order valence-corrected chi connectivity index (χ0v) is 18.3. The van der Waals surface area contributed by atoms with Crippen LogP contribution in [0.2, 0.25) is 0 Å². The van der Waals surface area contributed by atoms with E-state index in [1.807, 2.05) is 60.7 Å². The van der Waals surface area contributed by atoms with Crippen molar-refractivity contribution in [1.29, 1.82) is 0 Å². The molecule has 5 nitrogen and oxygen atoms in total. The molecule has 0 unspecified atom stereocenters. The SMILES string of the molecule is CCCCOc1cccc(C(=O)NC(=S)Nc2cccc(OCc3ccccc3)c2)c1. The Morgan fingerprint density at radius 3 is 2.42 bits per heavy atom. The molecule has 0 aliphatic carbocycles. The minimum Gasteiger partial charge on any atom is -0.494 e. The number of unbranched alkanes of at least 4 members (excludes halogenated alkanes) is 1. The maximum absolute atomic E-state index is 12.5. The van der Waals surface area contributed by atoms with Crippen LogP contribution in [0, 0.1) is 0 Å². The normalized spacial score (nSPS) is 10.2. The molecular formula is C25H26N2O3S. The number of amides is 1. The third-order valence-corrected chi connectivity index (χ3v) is 4.63. The summed E-state index contributed by atoms with van der Waals surface area (Å²) < 4.78 is 11.5. The Morgan fingerprint density at radius 2 is 1.65 bits per heavy atom. The van der Waals surface area contributed by atoms with E-state index in [9.17, 15) is 4.79 Å². The smallest absolute Gasteiger partial charge is 0.257 e. The Balaban J connectivity index is 1.53. The molecule has 0 aliphatic rings. The van der Waals surface area contributed by atoms with Gasteiger partial charge < -0.3 is 14.8 Å². The molecule has 2 N–H and O–H groups in total. The third kappa shape index (κ3) is 7.42. The van der Waals surface area contributed by atoms with E-state index in [1.165, 1.54) is 0 Å². The van der Waals surface area contributed by atoms with Crippen LogP contribution >= 0.6 is 12.2 Å². The van der Waals surface area contributed by atoms with Crippen LogP contribution in [0.15, 0.2) is 78.9 Å². The van der Waals surface area contributed by atoms with E-state index in [0.717, 1.165) is 24.1 Å². The van der Waals surface area contributed by atoms with E-state index in [0.29, 0.717) is 30.3 Å². The Kier molecular flexibility index (Phi) is 8.43. The lowest BCUT2D eigenvalue weighted by Crippen LogP contribution is -2.34. The molecule has 3 rings (SSSR count). The molecule has 160 valence electrons. The van der Waals surface area contributed by atoms with Crippen LogP contribution < -0.4 is 20.1 Å². The van der Waals surface area contributed by atoms with Gasteiger partial charge >= 0.3 is 0 Å². The molecule has 1 amide bonds. The molecule has 3 aromatic rings. The predicted molar refractivity (Wildman–Crippen MR) is 128 cm³/mol. The summed E-state index contributed by atoms with van der Waals surface area (Å²) in [4.78, 5) is 12.5. The molecular weight excluding hydrogens is 408 g/mol. The van der Waals surface area contributed by atoms with Gasteiger partial charge in [-0.05, 0) is 54.5 Å². The summed E-state index contributed by atoms with van der Waals surface area (Å²) >= 11 is 5.30. The molecule has 6 heteroatoms. The van der Waals surface area contributed by atoms with Crippen molar-refractivity contribution >= 4 is 28.9 Å². The molecule has 0 aliphatic heterocycles. The highest BCUT2D eigenvalue weighted by molar-refractivity contribution is 7.80. The number of hydrogen-bond donors (Lipinski definition) is 2. The Morgan fingerprint density at radius 1 is 0.903 bits per heavy atom. The molecule has 0 atom stereocenters. The molecule has 0 fully saturated rings. The number of nitrogens with one attached hydrogen (secondary N) is 2. The number of rotatable bonds is 9. The van der Waals surface area contributed by atoms with Crippen LogP contribution in [-0.4, -0.2) is 17.6 Å². The van der Waals surface area contributed by atoms with Gasteiger partial charge in [0.15, 0.2) is 5.11 Å². The number of benzene rings is 3. The van der Waals surface area contributed by atoms with E-state index in [1.54, 1.807) is 18.2 Å². The second-order valence-corrected chi connectivity index (χ2v) is 7.35. The average Bonchev–Trinajstić information content (AvgIpc) is 2.79. The van der Waals surface area contributed by atoms with Gasteiger partial charge in [-0.3, -0.25) is 10.1 Å². The largest absolute Gasteiger partial charge is 0.494 e. The summed E-state index contributed by atoms with van der Waals surface area (Å²) in [5.74, 6) is 1.08. The van der Waals surface area contributed by atoms with Crippen molar-refractivity contribution in [2.24, 2.45) is 0 Å². The van der Waals surface area contributed by atoms with Crippen molar-refractivity contribution in [2.45, 2.75) is 26.4 Å². The van der Waals surface area contributed by atoms with Crippen LogP contribution in [0.4, 0.5) is 5.69 Å². The van der Waals surface area contributed by atoms with Crippen LogP contribution in [0.5, 0.6) is 11.5 Å². The number of thiocarbonyl (C=S) groups is 1. The highest BCUT2D eigenvalue weighted by atomic mass is 32.1. The van der Waals surface area contributed by atoms with E-state index in [4.69, 9.17) is 21.7 Å². The quantitative estimate of drug-likeness (QED) is 0.340. The van der Waals surface area contributed by atoms with Crippen LogP contribution in [0.3, 0.4) is 0 Å². The lowest BCUT2D eigenvalue weighted by molar-refractivity contribution is 0.0977. The summed E-state index contributed by atoms with van der Waals surface area (Å²) in [7, 11) is 0. The summed E-state index contributed by atoms with van der Waals surface area (Å²) in [5, 5.41) is 5.94. The fourth-order valence-corrected chi connectivity index (χ4v) is 3.01. The first kappa shape index (κ1) is 22.3. The second kappa shape index (κ2) is 11.7. The monoisotopic (exact) mass is 434 g/mol. The Labute approximate surface area is 188 Å². The van der Waals surface area contributed by atoms with Crippen molar-refractivity contribution in [3.05, 3.63) is 90.0 Å². The molecule has 0 radical (unpaired) electrons. The van der Waals surface area contributed by atoms with Gasteiger partial charge in [0.25, 0.3) is 5.91 Å². The fraction of sp³-hybridized carbons (Fsp3) is 0.200. The highest BCUT2D eigenvalue weighted by Crippen LogP contribution is 2.19. The molecule has 0 saturated carbocycles. The first-order valence-corrected chi connectivity index (χ1v) is 10.7. The Bertz CT molecular complexity index is 1010.